The van der Waals surface area contributed by atoms with Crippen molar-refractivity contribution in [1.29, 1.82) is 0 Å². The average Bonchev–Trinajstić information content (AvgIpc) is 3.14. The van der Waals surface area contributed by atoms with Gasteiger partial charge in [-0.25, -0.2) is 13.1 Å². The Balaban J connectivity index is 1.47. The maximum atomic E-state index is 12.8. The molecular formula is C24H30F2N6O4S. The molecule has 0 bridgehead atoms. The van der Waals surface area contributed by atoms with Crippen LogP contribution in [0.4, 0.5) is 20.5 Å². The van der Waals surface area contributed by atoms with E-state index in [2.05, 4.69) is 25.0 Å². The van der Waals surface area contributed by atoms with Crippen LogP contribution in [0.1, 0.15) is 33.1 Å². The van der Waals surface area contributed by atoms with Crippen LogP contribution in [0.25, 0.3) is 16.7 Å². The second kappa shape index (κ2) is 9.35. The molecule has 1 saturated heterocycles. The predicted molar refractivity (Wildman–Crippen MR) is 135 cm³/mol. The summed E-state index contributed by atoms with van der Waals surface area (Å²) in [6, 6.07) is 6.12. The number of aliphatic hydroxyl groups is 1. The van der Waals surface area contributed by atoms with E-state index in [-0.39, 0.29) is 17.0 Å². The summed E-state index contributed by atoms with van der Waals surface area (Å²) in [7, 11) is -3.10. The Morgan fingerprint density at radius 1 is 1.24 bits per heavy atom. The number of anilines is 2. The number of fused-ring (bicyclic) bond motifs is 1. The van der Waals surface area contributed by atoms with E-state index in [0.29, 0.717) is 66.8 Å². The van der Waals surface area contributed by atoms with E-state index in [4.69, 9.17) is 4.98 Å². The van der Waals surface area contributed by atoms with Crippen LogP contribution in [-0.2, 0) is 9.84 Å². The monoisotopic (exact) mass is 536 g/mol. The van der Waals surface area contributed by atoms with E-state index in [1.807, 2.05) is 0 Å². The molecule has 5 rings (SSSR count). The number of benzene rings is 1. The smallest absolute Gasteiger partial charge is 0.387 e. The Morgan fingerprint density at radius 2 is 1.97 bits per heavy atom. The molecule has 13 heteroatoms. The molecule has 37 heavy (non-hydrogen) atoms. The van der Waals surface area contributed by atoms with Gasteiger partial charge in [0.1, 0.15) is 21.4 Å². The zero-order chi connectivity index (χ0) is 26.5. The Morgan fingerprint density at radius 3 is 2.62 bits per heavy atom. The molecular weight excluding hydrogens is 506 g/mol. The highest BCUT2D eigenvalue weighted by Crippen LogP contribution is 2.35. The highest BCUT2D eigenvalue weighted by molar-refractivity contribution is 7.91. The van der Waals surface area contributed by atoms with E-state index in [1.165, 1.54) is 23.1 Å². The molecule has 2 fully saturated rings. The maximum Gasteiger partial charge on any atom is 0.387 e. The van der Waals surface area contributed by atoms with Gasteiger partial charge in [-0.05, 0) is 51.2 Å². The molecule has 1 aromatic carbocycles. The number of halogens is 2. The molecule has 200 valence electrons. The molecule has 0 radical (unpaired) electrons. The third kappa shape index (κ3) is 5.61. The van der Waals surface area contributed by atoms with Crippen molar-refractivity contribution in [2.45, 2.75) is 56.6 Å². The lowest BCUT2D eigenvalue weighted by Gasteiger charge is -2.42. The zero-order valence-corrected chi connectivity index (χ0v) is 21.6. The highest BCUT2D eigenvalue weighted by Gasteiger charge is 2.37. The van der Waals surface area contributed by atoms with Crippen LogP contribution in [-0.4, -0.2) is 76.1 Å². The largest absolute Gasteiger partial charge is 0.435 e. The first-order chi connectivity index (χ1) is 17.4. The molecule has 0 unspecified atom stereocenters. The summed E-state index contributed by atoms with van der Waals surface area (Å²) < 4.78 is 55.2. The minimum atomic E-state index is -3.10. The highest BCUT2D eigenvalue weighted by atomic mass is 32.2. The molecule has 3 heterocycles. The van der Waals surface area contributed by atoms with Crippen molar-refractivity contribution in [1.82, 2.24) is 19.7 Å². The lowest BCUT2D eigenvalue weighted by atomic mass is 9.88. The Bertz CT molecular complexity index is 1400. The van der Waals surface area contributed by atoms with Gasteiger partial charge < -0.3 is 20.1 Å². The lowest BCUT2D eigenvalue weighted by molar-refractivity contribution is -0.0498. The summed E-state index contributed by atoms with van der Waals surface area (Å²) in [5.74, 6) is 1.32. The summed E-state index contributed by atoms with van der Waals surface area (Å²) in [6.07, 6.45) is 4.49. The van der Waals surface area contributed by atoms with Crippen molar-refractivity contribution >= 4 is 32.6 Å². The van der Waals surface area contributed by atoms with Crippen molar-refractivity contribution in [3.63, 3.8) is 0 Å². The van der Waals surface area contributed by atoms with Gasteiger partial charge in [-0.3, -0.25) is 0 Å². The van der Waals surface area contributed by atoms with Gasteiger partial charge in [0.2, 0.25) is 5.95 Å². The molecule has 10 nitrogen and oxygen atoms in total. The summed E-state index contributed by atoms with van der Waals surface area (Å²) >= 11 is 0. The number of nitrogens with zero attached hydrogens (tertiary/aromatic N) is 5. The van der Waals surface area contributed by atoms with Gasteiger partial charge in [-0.2, -0.15) is 23.8 Å². The second-order valence-corrected chi connectivity index (χ2v) is 12.9. The van der Waals surface area contributed by atoms with Gasteiger partial charge in [0, 0.05) is 31.5 Å². The van der Waals surface area contributed by atoms with Crippen molar-refractivity contribution in [3.8, 4) is 11.4 Å². The average molecular weight is 537 g/mol. The van der Waals surface area contributed by atoms with Gasteiger partial charge in [0.15, 0.2) is 5.65 Å². The first kappa shape index (κ1) is 25.6. The normalized spacial score (nSPS) is 20.7. The molecule has 1 aliphatic carbocycles. The summed E-state index contributed by atoms with van der Waals surface area (Å²) in [4.78, 5) is 11.5. The van der Waals surface area contributed by atoms with Crippen LogP contribution in [0.15, 0.2) is 30.5 Å². The predicted octanol–water partition coefficient (Wildman–Crippen LogP) is 3.00. The quantitative estimate of drug-likeness (QED) is 0.425. The van der Waals surface area contributed by atoms with Crippen molar-refractivity contribution in [3.05, 3.63) is 30.5 Å². The lowest BCUT2D eigenvalue weighted by Crippen LogP contribution is -2.49. The standard InChI is InChI=1S/C24H30F2N6O4S/c1-24(2,33)10-14-12-31(13-14)20-19-11-27-32(16-5-4-6-17(9-16)36-22(25)26)21(19)30-23(29-20)28-15-7-18(8-15)37(3,34)35/h4-6,9,11,14-15,18,22,33H,7-8,10,12-13H2,1-3H3,(H,28,29,30). The Kier molecular flexibility index (Phi) is 6.47. The van der Waals surface area contributed by atoms with Crippen LogP contribution in [0.2, 0.25) is 0 Å². The summed E-state index contributed by atoms with van der Waals surface area (Å²) in [5.41, 5.74) is 0.209. The molecule has 3 aromatic rings. The second-order valence-electron chi connectivity index (χ2n) is 10.6. The fraction of sp³-hybridized carbons (Fsp3) is 0.542. The molecule has 1 aliphatic heterocycles. The van der Waals surface area contributed by atoms with E-state index in [1.54, 1.807) is 32.2 Å². The van der Waals surface area contributed by atoms with Gasteiger partial charge in [0.25, 0.3) is 0 Å². The molecule has 0 atom stereocenters. The number of hydrogen-bond acceptors (Lipinski definition) is 9. The van der Waals surface area contributed by atoms with Crippen molar-refractivity contribution < 1.29 is 27.0 Å². The van der Waals surface area contributed by atoms with Crippen molar-refractivity contribution in [2.75, 3.05) is 29.6 Å². The Labute approximate surface area is 213 Å². The van der Waals surface area contributed by atoms with Crippen molar-refractivity contribution in [2.24, 2.45) is 5.92 Å². The molecule has 2 N–H and O–H groups in total. The van der Waals surface area contributed by atoms with Gasteiger partial charge >= 0.3 is 6.61 Å². The fourth-order valence-corrected chi connectivity index (χ4v) is 6.14. The number of sulfone groups is 1. The van der Waals surface area contributed by atoms with Gasteiger partial charge in [-0.1, -0.05) is 6.07 Å². The first-order valence-electron chi connectivity index (χ1n) is 12.1. The number of rotatable bonds is 9. The third-order valence-corrected chi connectivity index (χ3v) is 8.37. The minimum absolute atomic E-state index is 0.00210. The van der Waals surface area contributed by atoms with Crippen LogP contribution in [0, 0.1) is 5.92 Å². The van der Waals surface area contributed by atoms with Crippen LogP contribution >= 0.6 is 0 Å². The molecule has 0 spiro atoms. The van der Waals surface area contributed by atoms with E-state index >= 15 is 0 Å². The third-order valence-electron chi connectivity index (χ3n) is 6.77. The molecule has 1 saturated carbocycles. The topological polar surface area (TPSA) is 122 Å². The first-order valence-corrected chi connectivity index (χ1v) is 14.0. The number of aromatic nitrogens is 4. The number of nitrogens with one attached hydrogen (secondary N) is 1. The van der Waals surface area contributed by atoms with Crippen LogP contribution < -0.4 is 15.0 Å². The SMILES string of the molecule is CC(C)(O)CC1CN(c2nc(NC3CC(S(C)(=O)=O)C3)nc3c2cnn3-c2cccc(OC(F)F)c2)C1. The van der Waals surface area contributed by atoms with Crippen LogP contribution in [0.5, 0.6) is 5.75 Å². The number of hydrogen-bond donors (Lipinski definition) is 2. The van der Waals surface area contributed by atoms with Gasteiger partial charge in [-0.15, -0.1) is 0 Å². The van der Waals surface area contributed by atoms with E-state index in [0.717, 1.165) is 0 Å². The summed E-state index contributed by atoms with van der Waals surface area (Å²) in [5, 5.41) is 18.2. The fourth-order valence-electron chi connectivity index (χ4n) is 4.97. The van der Waals surface area contributed by atoms with Gasteiger partial charge in [0.05, 0.1) is 28.1 Å². The summed E-state index contributed by atoms with van der Waals surface area (Å²) in [6.45, 7) is 2.05. The number of ether oxygens (including phenoxy) is 1. The minimum Gasteiger partial charge on any atom is -0.435 e. The van der Waals surface area contributed by atoms with E-state index < -0.39 is 22.0 Å². The molecule has 2 aliphatic rings. The molecule has 2 aromatic heterocycles. The van der Waals surface area contributed by atoms with E-state index in [9.17, 15) is 22.3 Å². The Hall–Kier alpha value is -3.06. The zero-order valence-electron chi connectivity index (χ0n) is 20.8. The molecule has 0 amide bonds. The number of alkyl halides is 2. The maximum absolute atomic E-state index is 12.8. The van der Waals surface area contributed by atoms with Crippen LogP contribution in [0.3, 0.4) is 0 Å².